The molecule has 17 heavy (non-hydrogen) atoms. The minimum atomic E-state index is 0.697. The lowest BCUT2D eigenvalue weighted by atomic mass is 9.97. The van der Waals surface area contributed by atoms with Gasteiger partial charge in [0.25, 0.3) is 0 Å². The van der Waals surface area contributed by atoms with Crippen molar-refractivity contribution in [3.8, 4) is 0 Å². The van der Waals surface area contributed by atoms with Crippen molar-refractivity contribution in [2.75, 3.05) is 12.4 Å². The van der Waals surface area contributed by atoms with Gasteiger partial charge in [0.15, 0.2) is 0 Å². The molecule has 0 aromatic carbocycles. The van der Waals surface area contributed by atoms with Crippen molar-refractivity contribution >= 4 is 5.82 Å². The smallest absolute Gasteiger partial charge is 0.125 e. The highest BCUT2D eigenvalue weighted by molar-refractivity contribution is 5.34. The Hall–Kier alpha value is -1.09. The Kier molecular flexibility index (Phi) is 4.00. The molecule has 1 N–H and O–H groups in total. The topological polar surface area (TPSA) is 28.2 Å². The van der Waals surface area contributed by atoms with E-state index in [4.69, 9.17) is 0 Å². The summed E-state index contributed by atoms with van der Waals surface area (Å²) in [7, 11) is 1.90. The van der Waals surface area contributed by atoms with Crippen LogP contribution in [0.3, 0.4) is 0 Å². The zero-order chi connectivity index (χ0) is 12.3. The van der Waals surface area contributed by atoms with E-state index < -0.39 is 0 Å². The Morgan fingerprint density at radius 1 is 1.29 bits per heavy atom. The molecule has 94 valence electrons. The van der Waals surface area contributed by atoms with Crippen LogP contribution in [0.5, 0.6) is 0 Å². The number of hydrogen-bond acceptors (Lipinski definition) is 3. The summed E-state index contributed by atoms with van der Waals surface area (Å²) in [5.74, 6) is 0.938. The van der Waals surface area contributed by atoms with Crippen molar-refractivity contribution in [2.24, 2.45) is 0 Å². The van der Waals surface area contributed by atoms with Crippen LogP contribution in [0.2, 0.25) is 0 Å². The van der Waals surface area contributed by atoms with E-state index in [1.54, 1.807) is 0 Å². The number of nitrogens with one attached hydrogen (secondary N) is 1. The lowest BCUT2D eigenvalue weighted by molar-refractivity contribution is 0.0952. The molecule has 0 spiro atoms. The minimum absolute atomic E-state index is 0.697. The molecule has 3 heteroatoms. The van der Waals surface area contributed by atoms with Gasteiger partial charge in [0.2, 0.25) is 0 Å². The molecule has 1 aromatic rings. The number of anilines is 1. The molecular formula is C14H23N3. The van der Waals surface area contributed by atoms with E-state index in [9.17, 15) is 0 Å². The summed E-state index contributed by atoms with van der Waals surface area (Å²) in [6, 6.07) is 5.62. The highest BCUT2D eigenvalue weighted by Gasteiger charge is 2.24. The Labute approximate surface area is 104 Å². The average molecular weight is 233 g/mol. The third-order valence-corrected chi connectivity index (χ3v) is 3.82. The summed E-state index contributed by atoms with van der Waals surface area (Å²) in [6.45, 7) is 5.70. The van der Waals surface area contributed by atoms with Gasteiger partial charge in [0.1, 0.15) is 5.82 Å². The largest absolute Gasteiger partial charge is 0.373 e. The molecule has 0 aliphatic carbocycles. The maximum atomic E-state index is 4.37. The fourth-order valence-electron chi connectivity index (χ4n) is 2.66. The second-order valence-electron chi connectivity index (χ2n) is 5.10. The molecule has 0 amide bonds. The number of nitrogens with zero attached hydrogens (tertiary/aromatic N) is 2. The number of rotatable bonds is 3. The molecule has 0 radical (unpaired) electrons. The molecule has 1 aliphatic rings. The van der Waals surface area contributed by atoms with Gasteiger partial charge in [-0.1, -0.05) is 12.5 Å². The molecule has 1 aromatic heterocycles. The molecule has 2 unspecified atom stereocenters. The maximum absolute atomic E-state index is 4.37. The molecule has 0 bridgehead atoms. The molecule has 2 heterocycles. The summed E-state index contributed by atoms with van der Waals surface area (Å²) < 4.78 is 0. The summed E-state index contributed by atoms with van der Waals surface area (Å²) >= 11 is 0. The van der Waals surface area contributed by atoms with Crippen LogP contribution in [-0.2, 0) is 6.54 Å². The van der Waals surface area contributed by atoms with E-state index in [0.717, 1.165) is 12.4 Å². The predicted molar refractivity (Wildman–Crippen MR) is 72.1 cm³/mol. The van der Waals surface area contributed by atoms with Gasteiger partial charge in [-0.05, 0) is 38.3 Å². The van der Waals surface area contributed by atoms with Crippen molar-refractivity contribution in [1.29, 1.82) is 0 Å². The van der Waals surface area contributed by atoms with Crippen LogP contribution in [0.25, 0.3) is 0 Å². The molecular weight excluding hydrogens is 210 g/mol. The Balaban J connectivity index is 2.03. The van der Waals surface area contributed by atoms with Crippen molar-refractivity contribution in [3.05, 3.63) is 23.9 Å². The first-order chi connectivity index (χ1) is 8.20. The van der Waals surface area contributed by atoms with Crippen molar-refractivity contribution in [1.82, 2.24) is 9.88 Å². The first-order valence-electron chi connectivity index (χ1n) is 6.59. The van der Waals surface area contributed by atoms with Crippen molar-refractivity contribution in [3.63, 3.8) is 0 Å². The summed E-state index contributed by atoms with van der Waals surface area (Å²) in [5.41, 5.74) is 1.31. The normalized spacial score (nSPS) is 25.8. The molecule has 3 nitrogen and oxygen atoms in total. The average Bonchev–Trinajstić information content (AvgIpc) is 2.35. The van der Waals surface area contributed by atoms with Gasteiger partial charge in [-0.2, -0.15) is 0 Å². The second-order valence-corrected chi connectivity index (χ2v) is 5.10. The first kappa shape index (κ1) is 12.4. The number of likely N-dealkylation sites (tertiary alicyclic amines) is 1. The van der Waals surface area contributed by atoms with E-state index in [1.165, 1.54) is 24.8 Å². The monoisotopic (exact) mass is 233 g/mol. The van der Waals surface area contributed by atoms with E-state index in [1.807, 2.05) is 13.2 Å². The fraction of sp³-hybridized carbons (Fsp3) is 0.643. The van der Waals surface area contributed by atoms with E-state index in [0.29, 0.717) is 12.1 Å². The van der Waals surface area contributed by atoms with Crippen LogP contribution in [0, 0.1) is 0 Å². The molecule has 1 aliphatic heterocycles. The van der Waals surface area contributed by atoms with Crippen LogP contribution < -0.4 is 5.32 Å². The highest BCUT2D eigenvalue weighted by Crippen LogP contribution is 2.24. The standard InChI is InChI=1S/C14H23N3/c1-11-5-4-6-12(2)17(11)10-13-7-8-14(15-3)16-9-13/h7-9,11-12H,4-6,10H2,1-3H3,(H,15,16). The van der Waals surface area contributed by atoms with Gasteiger partial charge in [-0.3, -0.25) is 4.90 Å². The highest BCUT2D eigenvalue weighted by atomic mass is 15.2. The number of aromatic nitrogens is 1. The summed E-state index contributed by atoms with van der Waals surface area (Å²) in [4.78, 5) is 6.97. The molecule has 2 atom stereocenters. The second kappa shape index (κ2) is 5.50. The Morgan fingerprint density at radius 3 is 2.53 bits per heavy atom. The van der Waals surface area contributed by atoms with Crippen molar-refractivity contribution in [2.45, 2.75) is 51.7 Å². The number of pyridine rings is 1. The number of piperidine rings is 1. The van der Waals surface area contributed by atoms with E-state index >= 15 is 0 Å². The van der Waals surface area contributed by atoms with Crippen LogP contribution in [-0.4, -0.2) is 29.0 Å². The van der Waals surface area contributed by atoms with E-state index in [-0.39, 0.29) is 0 Å². The SMILES string of the molecule is CNc1ccc(CN2C(C)CCCC2C)cn1. The van der Waals surface area contributed by atoms with Gasteiger partial charge in [0, 0.05) is 31.9 Å². The lowest BCUT2D eigenvalue weighted by Crippen LogP contribution is -2.42. The minimum Gasteiger partial charge on any atom is -0.373 e. The van der Waals surface area contributed by atoms with Gasteiger partial charge in [-0.15, -0.1) is 0 Å². The van der Waals surface area contributed by atoms with Crippen LogP contribution in [0.1, 0.15) is 38.7 Å². The zero-order valence-electron chi connectivity index (χ0n) is 11.1. The number of hydrogen-bond donors (Lipinski definition) is 1. The predicted octanol–water partition coefficient (Wildman–Crippen LogP) is 2.89. The van der Waals surface area contributed by atoms with Gasteiger partial charge in [-0.25, -0.2) is 4.98 Å². The third kappa shape index (κ3) is 2.97. The summed E-state index contributed by atoms with van der Waals surface area (Å²) in [6.07, 6.45) is 6.01. The lowest BCUT2D eigenvalue weighted by Gasteiger charge is -2.39. The molecule has 1 saturated heterocycles. The van der Waals surface area contributed by atoms with E-state index in [2.05, 4.69) is 41.2 Å². The Bertz CT molecular complexity index is 337. The maximum Gasteiger partial charge on any atom is 0.125 e. The molecule has 2 rings (SSSR count). The fourth-order valence-corrected chi connectivity index (χ4v) is 2.66. The van der Waals surface area contributed by atoms with Gasteiger partial charge < -0.3 is 5.32 Å². The first-order valence-corrected chi connectivity index (χ1v) is 6.59. The van der Waals surface area contributed by atoms with Gasteiger partial charge in [0.05, 0.1) is 0 Å². The third-order valence-electron chi connectivity index (χ3n) is 3.82. The zero-order valence-corrected chi connectivity index (χ0v) is 11.1. The summed E-state index contributed by atoms with van der Waals surface area (Å²) in [5, 5.41) is 3.05. The van der Waals surface area contributed by atoms with Crippen LogP contribution >= 0.6 is 0 Å². The van der Waals surface area contributed by atoms with Crippen LogP contribution in [0.15, 0.2) is 18.3 Å². The molecule has 0 saturated carbocycles. The van der Waals surface area contributed by atoms with Gasteiger partial charge >= 0.3 is 0 Å². The Morgan fingerprint density at radius 2 is 2.00 bits per heavy atom. The van der Waals surface area contributed by atoms with Crippen molar-refractivity contribution < 1.29 is 0 Å². The molecule has 1 fully saturated rings. The van der Waals surface area contributed by atoms with Crippen LogP contribution in [0.4, 0.5) is 5.82 Å². The quantitative estimate of drug-likeness (QED) is 0.870.